The third-order valence-electron chi connectivity index (χ3n) is 6.71. The summed E-state index contributed by atoms with van der Waals surface area (Å²) in [6.07, 6.45) is 0.0523. The van der Waals surface area contributed by atoms with Crippen molar-refractivity contribution >= 4 is 23.8 Å². The number of hydrogen-bond donors (Lipinski definition) is 2. The second-order valence-electron chi connectivity index (χ2n) is 8.99. The predicted octanol–water partition coefficient (Wildman–Crippen LogP) is 3.72. The predicted molar refractivity (Wildman–Crippen MR) is 128 cm³/mol. The normalized spacial score (nSPS) is 16.6. The Hall–Kier alpha value is -4.14. The first-order chi connectivity index (χ1) is 16.9. The van der Waals surface area contributed by atoms with Crippen molar-refractivity contribution < 1.29 is 24.2 Å². The Labute approximate surface area is 202 Å². The van der Waals surface area contributed by atoms with Crippen LogP contribution < -0.4 is 5.32 Å². The van der Waals surface area contributed by atoms with E-state index in [0.29, 0.717) is 25.2 Å². The van der Waals surface area contributed by atoms with Crippen LogP contribution in [-0.4, -0.2) is 57.5 Å². The minimum absolute atomic E-state index is 0.0454. The number of carbonyl (C=O) groups is 3. The van der Waals surface area contributed by atoms with Crippen LogP contribution in [0.1, 0.15) is 40.4 Å². The molecule has 1 fully saturated rings. The summed E-state index contributed by atoms with van der Waals surface area (Å²) in [5, 5.41) is 15.8. The molecule has 1 atom stereocenters. The van der Waals surface area contributed by atoms with Crippen LogP contribution >= 0.6 is 0 Å². The molecule has 1 unspecified atom stereocenters. The van der Waals surface area contributed by atoms with E-state index in [9.17, 15) is 14.4 Å². The van der Waals surface area contributed by atoms with E-state index in [1.807, 2.05) is 24.3 Å². The number of carboxylic acid groups (broad SMARTS) is 1. The van der Waals surface area contributed by atoms with E-state index < -0.39 is 12.1 Å². The van der Waals surface area contributed by atoms with Crippen LogP contribution in [-0.2, 0) is 16.6 Å². The minimum atomic E-state index is -0.862. The summed E-state index contributed by atoms with van der Waals surface area (Å²) >= 11 is 0. The molecule has 9 nitrogen and oxygen atoms in total. The Morgan fingerprint density at radius 3 is 2.40 bits per heavy atom. The summed E-state index contributed by atoms with van der Waals surface area (Å²) in [6, 6.07) is 17.7. The molecule has 2 aliphatic rings. The standard InChI is InChI=1S/C26H26N4O5/c1-29-22(25(33)30-11-10-16(14-30)12-24(31)32)13-23(28-29)27-26(34)35-15-21-19-8-4-2-6-17(19)18-7-3-5-9-20(18)21/h2-9,13,16,21H,10-12,14-15H2,1H3,(H,31,32)(H,27,28,34). The molecule has 1 aliphatic heterocycles. The van der Waals surface area contributed by atoms with Crippen molar-refractivity contribution in [1.29, 1.82) is 0 Å². The summed E-state index contributed by atoms with van der Waals surface area (Å²) in [4.78, 5) is 38.0. The zero-order valence-corrected chi connectivity index (χ0v) is 19.3. The number of aliphatic carboxylic acids is 1. The fraction of sp³-hybridized carbons (Fsp3) is 0.308. The highest BCUT2D eigenvalue weighted by Gasteiger charge is 2.31. The number of anilines is 1. The summed E-state index contributed by atoms with van der Waals surface area (Å²) in [7, 11) is 1.63. The highest BCUT2D eigenvalue weighted by molar-refractivity contribution is 5.94. The summed E-state index contributed by atoms with van der Waals surface area (Å²) in [6.45, 7) is 1.07. The Balaban J connectivity index is 1.21. The van der Waals surface area contributed by atoms with E-state index in [4.69, 9.17) is 9.84 Å². The van der Waals surface area contributed by atoms with Gasteiger partial charge in [-0.25, -0.2) is 4.79 Å². The van der Waals surface area contributed by atoms with Gasteiger partial charge in [0.25, 0.3) is 5.91 Å². The SMILES string of the molecule is Cn1nc(NC(=O)OCC2c3ccccc3-c3ccccc32)cc1C(=O)N1CCC(CC(=O)O)C1. The Kier molecular flexibility index (Phi) is 5.98. The molecule has 9 heteroatoms. The summed E-state index contributed by atoms with van der Waals surface area (Å²) < 4.78 is 6.96. The number of aromatic nitrogens is 2. The van der Waals surface area contributed by atoms with Gasteiger partial charge in [0.05, 0.1) is 0 Å². The minimum Gasteiger partial charge on any atom is -0.481 e. The van der Waals surface area contributed by atoms with Gasteiger partial charge in [0, 0.05) is 38.5 Å². The lowest BCUT2D eigenvalue weighted by Gasteiger charge is -2.15. The van der Waals surface area contributed by atoms with Crippen molar-refractivity contribution in [3.63, 3.8) is 0 Å². The number of carboxylic acids is 1. The Morgan fingerprint density at radius 1 is 1.09 bits per heavy atom. The number of nitrogens with one attached hydrogen (secondary N) is 1. The molecule has 2 heterocycles. The van der Waals surface area contributed by atoms with Crippen molar-refractivity contribution in [3.05, 3.63) is 71.4 Å². The Morgan fingerprint density at radius 2 is 1.74 bits per heavy atom. The quantitative estimate of drug-likeness (QED) is 0.563. The number of aryl methyl sites for hydroxylation is 1. The van der Waals surface area contributed by atoms with Crippen LogP contribution in [0, 0.1) is 5.92 Å². The maximum Gasteiger partial charge on any atom is 0.412 e. The van der Waals surface area contributed by atoms with Crippen molar-refractivity contribution in [1.82, 2.24) is 14.7 Å². The lowest BCUT2D eigenvalue weighted by Crippen LogP contribution is -2.30. The van der Waals surface area contributed by atoms with Crippen molar-refractivity contribution in [2.24, 2.45) is 13.0 Å². The number of nitrogens with zero attached hydrogens (tertiary/aromatic N) is 3. The van der Waals surface area contributed by atoms with Crippen LogP contribution in [0.25, 0.3) is 11.1 Å². The van der Waals surface area contributed by atoms with Gasteiger partial charge >= 0.3 is 12.1 Å². The van der Waals surface area contributed by atoms with E-state index in [1.165, 1.54) is 10.7 Å². The lowest BCUT2D eigenvalue weighted by atomic mass is 9.98. The Bertz CT molecular complexity index is 1250. The van der Waals surface area contributed by atoms with Gasteiger partial charge in [-0.1, -0.05) is 48.5 Å². The van der Waals surface area contributed by atoms with E-state index in [-0.39, 0.29) is 36.6 Å². The molecule has 2 aromatic carbocycles. The second kappa shape index (κ2) is 9.25. The van der Waals surface area contributed by atoms with Crippen LogP contribution in [0.5, 0.6) is 0 Å². The molecule has 0 spiro atoms. The number of carbonyl (C=O) groups excluding carboxylic acids is 2. The van der Waals surface area contributed by atoms with Gasteiger partial charge in [0.2, 0.25) is 0 Å². The molecule has 0 radical (unpaired) electrons. The monoisotopic (exact) mass is 474 g/mol. The molecule has 180 valence electrons. The molecular formula is C26H26N4O5. The van der Waals surface area contributed by atoms with E-state index >= 15 is 0 Å². The number of likely N-dealkylation sites (tertiary alicyclic amines) is 1. The van der Waals surface area contributed by atoms with Crippen LogP contribution in [0.3, 0.4) is 0 Å². The second-order valence-corrected chi connectivity index (χ2v) is 8.99. The molecule has 35 heavy (non-hydrogen) atoms. The molecule has 3 aromatic rings. The van der Waals surface area contributed by atoms with E-state index in [1.54, 1.807) is 11.9 Å². The van der Waals surface area contributed by atoms with Gasteiger partial charge < -0.3 is 14.7 Å². The zero-order valence-electron chi connectivity index (χ0n) is 19.3. The third kappa shape index (κ3) is 4.49. The van der Waals surface area contributed by atoms with Gasteiger partial charge in [0.1, 0.15) is 12.3 Å². The summed E-state index contributed by atoms with van der Waals surface area (Å²) in [5.74, 6) is -0.992. The molecule has 0 bridgehead atoms. The molecular weight excluding hydrogens is 448 g/mol. The van der Waals surface area contributed by atoms with Gasteiger partial charge in [-0.15, -0.1) is 0 Å². The number of hydrogen-bond acceptors (Lipinski definition) is 5. The largest absolute Gasteiger partial charge is 0.481 e. The van der Waals surface area contributed by atoms with Crippen LogP contribution in [0.2, 0.25) is 0 Å². The van der Waals surface area contributed by atoms with Crippen LogP contribution in [0.4, 0.5) is 10.6 Å². The average Bonchev–Trinajstić information content (AvgIpc) is 3.53. The molecule has 2 amide bonds. The molecule has 2 N–H and O–H groups in total. The number of fused-ring (bicyclic) bond motifs is 3. The average molecular weight is 475 g/mol. The fourth-order valence-electron chi connectivity index (χ4n) is 5.06. The van der Waals surface area contributed by atoms with Gasteiger partial charge in [-0.3, -0.25) is 19.6 Å². The molecule has 1 aromatic heterocycles. The molecule has 0 saturated carbocycles. The first-order valence-corrected chi connectivity index (χ1v) is 11.6. The first-order valence-electron chi connectivity index (χ1n) is 11.6. The summed E-state index contributed by atoms with van der Waals surface area (Å²) in [5.41, 5.74) is 4.86. The lowest BCUT2D eigenvalue weighted by molar-refractivity contribution is -0.138. The topological polar surface area (TPSA) is 114 Å². The first kappa shape index (κ1) is 22.6. The van der Waals surface area contributed by atoms with Gasteiger partial charge in [-0.2, -0.15) is 5.10 Å². The fourth-order valence-corrected chi connectivity index (χ4v) is 5.06. The van der Waals surface area contributed by atoms with Gasteiger partial charge in [-0.05, 0) is 34.6 Å². The van der Waals surface area contributed by atoms with Gasteiger partial charge in [0.15, 0.2) is 5.82 Å². The maximum absolute atomic E-state index is 12.9. The van der Waals surface area contributed by atoms with E-state index in [2.05, 4.69) is 34.7 Å². The number of ether oxygens (including phenoxy) is 1. The zero-order chi connectivity index (χ0) is 24.5. The van der Waals surface area contributed by atoms with E-state index in [0.717, 1.165) is 22.3 Å². The van der Waals surface area contributed by atoms with Crippen molar-refractivity contribution in [2.75, 3.05) is 25.0 Å². The molecule has 1 aliphatic carbocycles. The molecule has 1 saturated heterocycles. The highest BCUT2D eigenvalue weighted by atomic mass is 16.5. The number of benzene rings is 2. The van der Waals surface area contributed by atoms with Crippen molar-refractivity contribution in [3.8, 4) is 11.1 Å². The maximum atomic E-state index is 12.9. The van der Waals surface area contributed by atoms with Crippen molar-refractivity contribution in [2.45, 2.75) is 18.8 Å². The highest BCUT2D eigenvalue weighted by Crippen LogP contribution is 2.44. The number of rotatable bonds is 6. The van der Waals surface area contributed by atoms with Crippen LogP contribution in [0.15, 0.2) is 54.6 Å². The molecule has 5 rings (SSSR count). The number of amides is 2. The smallest absolute Gasteiger partial charge is 0.412 e. The third-order valence-corrected chi connectivity index (χ3v) is 6.71.